The molecule has 0 radical (unpaired) electrons. The molecule has 2 fully saturated rings. The summed E-state index contributed by atoms with van der Waals surface area (Å²) in [5, 5.41) is 6.80. The van der Waals surface area contributed by atoms with Gasteiger partial charge in [-0.15, -0.1) is 0 Å². The Hall–Kier alpha value is -2.39. The molecule has 1 N–H and O–H groups in total. The molecule has 0 bridgehead atoms. The molecule has 9 heteroatoms. The lowest BCUT2D eigenvalue weighted by molar-refractivity contribution is -0.137. The van der Waals surface area contributed by atoms with Gasteiger partial charge in [0.15, 0.2) is 0 Å². The van der Waals surface area contributed by atoms with Crippen molar-refractivity contribution in [1.29, 1.82) is 0 Å². The number of hydrogen-bond donors (Lipinski definition) is 1. The molecular formula is C20H23F3N4O2. The number of piperazine rings is 1. The van der Waals surface area contributed by atoms with Gasteiger partial charge in [-0.05, 0) is 37.1 Å². The van der Waals surface area contributed by atoms with Crippen LogP contribution in [0.15, 0.2) is 34.9 Å². The molecule has 29 heavy (non-hydrogen) atoms. The van der Waals surface area contributed by atoms with Crippen LogP contribution in [-0.2, 0) is 17.5 Å². The molecule has 2 aliphatic rings. The largest absolute Gasteiger partial charge is 0.416 e. The topological polar surface area (TPSA) is 61.6 Å². The summed E-state index contributed by atoms with van der Waals surface area (Å²) >= 11 is 0. The van der Waals surface area contributed by atoms with Crippen molar-refractivity contribution in [1.82, 2.24) is 15.0 Å². The first kappa shape index (κ1) is 19.9. The minimum Gasteiger partial charge on any atom is -0.361 e. The van der Waals surface area contributed by atoms with Crippen LogP contribution in [0.1, 0.15) is 35.8 Å². The van der Waals surface area contributed by atoms with Crippen molar-refractivity contribution in [3.8, 4) is 0 Å². The first-order valence-electron chi connectivity index (χ1n) is 9.74. The number of rotatable bonds is 6. The SMILES string of the molecule is O=C(CN1CCN(Cc2cc(C3CC3)on2)CC1)Nc1ccc(C(F)(F)F)cc1. The van der Waals surface area contributed by atoms with Crippen molar-refractivity contribution < 1.29 is 22.5 Å². The first-order chi connectivity index (χ1) is 13.9. The number of hydrogen-bond acceptors (Lipinski definition) is 5. The van der Waals surface area contributed by atoms with Crippen LogP contribution in [0.3, 0.4) is 0 Å². The highest BCUT2D eigenvalue weighted by atomic mass is 19.4. The zero-order valence-corrected chi connectivity index (χ0v) is 15.9. The molecule has 1 aliphatic heterocycles. The minimum atomic E-state index is -4.38. The van der Waals surface area contributed by atoms with Crippen molar-refractivity contribution >= 4 is 11.6 Å². The molecule has 1 saturated carbocycles. The number of carbonyl (C=O) groups is 1. The monoisotopic (exact) mass is 408 g/mol. The van der Waals surface area contributed by atoms with Crippen LogP contribution in [0.4, 0.5) is 18.9 Å². The maximum Gasteiger partial charge on any atom is 0.416 e. The van der Waals surface area contributed by atoms with Crippen molar-refractivity contribution in [2.75, 3.05) is 38.0 Å². The Kier molecular flexibility index (Phi) is 5.60. The van der Waals surface area contributed by atoms with Crippen molar-refractivity contribution in [3.63, 3.8) is 0 Å². The van der Waals surface area contributed by atoms with Gasteiger partial charge in [0.25, 0.3) is 0 Å². The number of halogens is 3. The van der Waals surface area contributed by atoms with E-state index in [-0.39, 0.29) is 12.5 Å². The number of aromatic nitrogens is 1. The van der Waals surface area contributed by atoms with E-state index < -0.39 is 11.7 Å². The van der Waals surface area contributed by atoms with E-state index in [1.165, 1.54) is 25.0 Å². The highest BCUT2D eigenvalue weighted by Crippen LogP contribution is 2.40. The van der Waals surface area contributed by atoms with Crippen LogP contribution < -0.4 is 5.32 Å². The average molecular weight is 408 g/mol. The molecular weight excluding hydrogens is 385 g/mol. The zero-order valence-electron chi connectivity index (χ0n) is 15.9. The van der Waals surface area contributed by atoms with Gasteiger partial charge in [-0.2, -0.15) is 13.2 Å². The molecule has 0 atom stereocenters. The van der Waals surface area contributed by atoms with Crippen LogP contribution in [-0.4, -0.2) is 53.6 Å². The van der Waals surface area contributed by atoms with E-state index in [9.17, 15) is 18.0 Å². The van der Waals surface area contributed by atoms with Gasteiger partial charge in [0.2, 0.25) is 5.91 Å². The van der Waals surface area contributed by atoms with Crippen LogP contribution in [0.25, 0.3) is 0 Å². The average Bonchev–Trinajstić information content (AvgIpc) is 3.42. The molecule has 1 aliphatic carbocycles. The van der Waals surface area contributed by atoms with Crippen LogP contribution in [0, 0.1) is 0 Å². The van der Waals surface area contributed by atoms with Gasteiger partial charge in [-0.3, -0.25) is 14.6 Å². The Balaban J connectivity index is 1.20. The van der Waals surface area contributed by atoms with E-state index in [0.717, 1.165) is 56.3 Å². The zero-order chi connectivity index (χ0) is 20.4. The van der Waals surface area contributed by atoms with Gasteiger partial charge in [0, 0.05) is 50.4 Å². The Morgan fingerprint density at radius 1 is 1.10 bits per heavy atom. The van der Waals surface area contributed by atoms with Crippen LogP contribution in [0.2, 0.25) is 0 Å². The molecule has 1 amide bonds. The van der Waals surface area contributed by atoms with Gasteiger partial charge < -0.3 is 9.84 Å². The maximum absolute atomic E-state index is 12.6. The fraction of sp³-hybridized carbons (Fsp3) is 0.500. The van der Waals surface area contributed by atoms with Crippen molar-refractivity contribution in [2.45, 2.75) is 31.5 Å². The van der Waals surface area contributed by atoms with Crippen molar-refractivity contribution in [3.05, 3.63) is 47.3 Å². The summed E-state index contributed by atoms with van der Waals surface area (Å²) in [5.74, 6) is 1.30. The molecule has 0 unspecified atom stereocenters. The summed E-state index contributed by atoms with van der Waals surface area (Å²) in [4.78, 5) is 16.5. The molecule has 0 spiro atoms. The summed E-state index contributed by atoms with van der Waals surface area (Å²) in [6.45, 7) is 4.08. The van der Waals surface area contributed by atoms with E-state index in [4.69, 9.17) is 4.52 Å². The van der Waals surface area contributed by atoms with Gasteiger partial charge in [0.1, 0.15) is 5.76 Å². The minimum absolute atomic E-state index is 0.213. The lowest BCUT2D eigenvalue weighted by Crippen LogP contribution is -2.48. The second kappa shape index (κ2) is 8.16. The second-order valence-electron chi connectivity index (χ2n) is 7.67. The second-order valence-corrected chi connectivity index (χ2v) is 7.67. The van der Waals surface area contributed by atoms with E-state index in [0.29, 0.717) is 11.6 Å². The van der Waals surface area contributed by atoms with Gasteiger partial charge in [0.05, 0.1) is 17.8 Å². The standard InChI is InChI=1S/C20H23F3N4O2/c21-20(22,23)15-3-5-16(6-4-15)24-19(28)13-27-9-7-26(8-10-27)12-17-11-18(29-25-17)14-1-2-14/h3-6,11,14H,1-2,7-10,12-13H2,(H,24,28). The van der Waals surface area contributed by atoms with Crippen LogP contribution in [0.5, 0.6) is 0 Å². The predicted octanol–water partition coefficient (Wildman–Crippen LogP) is 3.33. The number of nitrogens with zero attached hydrogens (tertiary/aromatic N) is 3. The quantitative estimate of drug-likeness (QED) is 0.795. The molecule has 2 heterocycles. The Morgan fingerprint density at radius 3 is 2.38 bits per heavy atom. The third-order valence-electron chi connectivity index (χ3n) is 5.27. The summed E-state index contributed by atoms with van der Waals surface area (Å²) in [6, 6.07) is 6.51. The molecule has 2 aromatic rings. The molecule has 156 valence electrons. The number of amides is 1. The predicted molar refractivity (Wildman–Crippen MR) is 100 cm³/mol. The highest BCUT2D eigenvalue weighted by Gasteiger charge is 2.30. The van der Waals surface area contributed by atoms with E-state index in [1.54, 1.807) is 0 Å². The van der Waals surface area contributed by atoms with E-state index in [2.05, 4.69) is 15.4 Å². The third kappa shape index (κ3) is 5.36. The van der Waals surface area contributed by atoms with Crippen molar-refractivity contribution in [2.24, 2.45) is 0 Å². The number of benzene rings is 1. The Bertz CT molecular complexity index is 838. The summed E-state index contributed by atoms with van der Waals surface area (Å²) in [5.41, 5.74) is 0.572. The van der Waals surface area contributed by atoms with Gasteiger partial charge in [-0.25, -0.2) is 0 Å². The lowest BCUT2D eigenvalue weighted by Gasteiger charge is -2.33. The Morgan fingerprint density at radius 2 is 1.76 bits per heavy atom. The first-order valence-corrected chi connectivity index (χ1v) is 9.74. The van der Waals surface area contributed by atoms with Gasteiger partial charge >= 0.3 is 6.18 Å². The molecule has 6 nitrogen and oxygen atoms in total. The number of anilines is 1. The molecule has 4 rings (SSSR count). The van der Waals surface area contributed by atoms with E-state index >= 15 is 0 Å². The summed E-state index contributed by atoms with van der Waals surface area (Å²) in [7, 11) is 0. The summed E-state index contributed by atoms with van der Waals surface area (Å²) < 4.78 is 43.2. The Labute approximate surface area is 166 Å². The lowest BCUT2D eigenvalue weighted by atomic mass is 10.2. The molecule has 1 aromatic carbocycles. The number of carbonyl (C=O) groups excluding carboxylic acids is 1. The number of nitrogens with one attached hydrogen (secondary N) is 1. The normalized spacial score (nSPS) is 18.7. The summed E-state index contributed by atoms with van der Waals surface area (Å²) in [6.07, 6.45) is -2.02. The number of alkyl halides is 3. The fourth-order valence-electron chi connectivity index (χ4n) is 3.44. The van der Waals surface area contributed by atoms with E-state index in [1.807, 2.05) is 11.0 Å². The third-order valence-corrected chi connectivity index (χ3v) is 5.27. The van der Waals surface area contributed by atoms with Gasteiger partial charge in [-0.1, -0.05) is 5.16 Å². The molecule has 1 aromatic heterocycles. The smallest absolute Gasteiger partial charge is 0.361 e. The highest BCUT2D eigenvalue weighted by molar-refractivity contribution is 5.92. The molecule has 1 saturated heterocycles. The maximum atomic E-state index is 12.6. The fourth-order valence-corrected chi connectivity index (χ4v) is 3.44. The van der Waals surface area contributed by atoms with Crippen LogP contribution >= 0.6 is 0 Å².